The average molecular weight is 161 g/mol. The minimum absolute atomic E-state index is 0. The lowest BCUT2D eigenvalue weighted by molar-refractivity contribution is -0.123. The van der Waals surface area contributed by atoms with Crippen LogP contribution in [0.4, 0.5) is 0 Å². The molecule has 2 amide bonds. The van der Waals surface area contributed by atoms with Crippen LogP contribution in [0.3, 0.4) is 0 Å². The number of hydrogen-bond donors (Lipinski definition) is 1. The second-order valence-corrected chi connectivity index (χ2v) is 1.60. The fourth-order valence-electron chi connectivity index (χ4n) is 0.356. The molecule has 0 aromatic carbocycles. The first kappa shape index (κ1) is 12.5. The highest BCUT2D eigenvalue weighted by Gasteiger charge is 2.06. The zero-order chi connectivity index (χ0) is 7.98. The van der Waals surface area contributed by atoms with Gasteiger partial charge in [-0.25, -0.2) is 0 Å². The highest BCUT2D eigenvalue weighted by molar-refractivity contribution is 6.12. The quantitative estimate of drug-likeness (QED) is 0.445. The molecule has 0 aromatic heterocycles. The summed E-state index contributed by atoms with van der Waals surface area (Å²) >= 11 is 0. The van der Waals surface area contributed by atoms with Crippen molar-refractivity contribution in [2.24, 2.45) is 0 Å². The lowest BCUT2D eigenvalue weighted by Gasteiger charge is -1.80. The van der Waals surface area contributed by atoms with Crippen molar-refractivity contribution >= 4 is 11.8 Å². The van der Waals surface area contributed by atoms with Gasteiger partial charge in [-0.2, -0.15) is 0 Å². The first-order valence-corrected chi connectivity index (χ1v) is 2.64. The van der Waals surface area contributed by atoms with Crippen LogP contribution in [0.25, 0.3) is 0 Å². The van der Waals surface area contributed by atoms with Gasteiger partial charge in [0.25, 0.3) is 11.8 Å². The molecular weight excluding hydrogens is 150 g/mol. The van der Waals surface area contributed by atoms with E-state index in [4.69, 9.17) is 0 Å². The van der Waals surface area contributed by atoms with Crippen molar-refractivity contribution in [3.8, 4) is 0 Å². The number of methoxy groups -OCH3 is 1. The molecule has 1 aliphatic rings. The number of amides is 2. The molecule has 5 heteroatoms. The van der Waals surface area contributed by atoms with Crippen LogP contribution in [0.1, 0.15) is 0 Å². The van der Waals surface area contributed by atoms with E-state index in [0.29, 0.717) is 0 Å². The Kier molecular flexibility index (Phi) is 7.84. The van der Waals surface area contributed by atoms with Gasteiger partial charge in [0.05, 0.1) is 0 Å². The summed E-state index contributed by atoms with van der Waals surface area (Å²) in [6, 6.07) is 0. The van der Waals surface area contributed by atoms with E-state index >= 15 is 0 Å². The van der Waals surface area contributed by atoms with Crippen molar-refractivity contribution in [3.05, 3.63) is 12.2 Å². The third kappa shape index (κ3) is 6.69. The Hall–Kier alpha value is -1.20. The molecule has 0 radical (unpaired) electrons. The summed E-state index contributed by atoms with van der Waals surface area (Å²) in [6.45, 7) is 0. The maximum atomic E-state index is 10.0. The molecule has 1 aliphatic heterocycles. The van der Waals surface area contributed by atoms with Crippen molar-refractivity contribution in [1.82, 2.24) is 5.32 Å². The van der Waals surface area contributed by atoms with Gasteiger partial charge in [-0.3, -0.25) is 14.9 Å². The van der Waals surface area contributed by atoms with Gasteiger partial charge in [-0.05, 0) is 0 Å². The molecule has 0 aromatic rings. The summed E-state index contributed by atoms with van der Waals surface area (Å²) in [5.74, 6) is -0.657. The monoisotopic (exact) mass is 161 g/mol. The van der Waals surface area contributed by atoms with E-state index in [1.54, 1.807) is 14.2 Å². The Morgan fingerprint density at radius 3 is 1.55 bits per heavy atom. The van der Waals surface area contributed by atoms with Crippen molar-refractivity contribution in [2.45, 2.75) is 0 Å². The summed E-state index contributed by atoms with van der Waals surface area (Å²) in [5.41, 5.74) is 0. The Morgan fingerprint density at radius 1 is 1.18 bits per heavy atom. The van der Waals surface area contributed by atoms with E-state index in [9.17, 15) is 9.59 Å². The normalized spacial score (nSPS) is 12.9. The van der Waals surface area contributed by atoms with Crippen LogP contribution < -0.4 is 5.32 Å². The Labute approximate surface area is 64.3 Å². The molecular formula is C6H11NO4. The molecule has 0 saturated carbocycles. The number of ether oxygens (including phenoxy) is 1. The van der Waals surface area contributed by atoms with Crippen LogP contribution in [-0.2, 0) is 14.3 Å². The number of nitrogens with one attached hydrogen (secondary N) is 1. The van der Waals surface area contributed by atoms with Crippen LogP contribution in [0.5, 0.6) is 0 Å². The molecule has 5 nitrogen and oxygen atoms in total. The van der Waals surface area contributed by atoms with Crippen molar-refractivity contribution in [2.75, 3.05) is 14.2 Å². The minimum atomic E-state index is -0.329. The van der Waals surface area contributed by atoms with E-state index in [-0.39, 0.29) is 17.3 Å². The van der Waals surface area contributed by atoms with Gasteiger partial charge < -0.3 is 10.2 Å². The summed E-state index contributed by atoms with van der Waals surface area (Å²) in [5, 5.41) is 2.03. The smallest absolute Gasteiger partial charge is 0.250 e. The molecule has 0 atom stereocenters. The number of imide groups is 1. The zero-order valence-corrected chi connectivity index (χ0v) is 6.38. The van der Waals surface area contributed by atoms with E-state index in [0.717, 1.165) is 0 Å². The summed E-state index contributed by atoms with van der Waals surface area (Å²) in [7, 11) is 3.25. The van der Waals surface area contributed by atoms with Gasteiger partial charge in [0.15, 0.2) is 0 Å². The lowest BCUT2D eigenvalue weighted by Crippen LogP contribution is -2.19. The predicted octanol–water partition coefficient (Wildman–Crippen LogP) is -1.36. The van der Waals surface area contributed by atoms with Crippen LogP contribution in [0.2, 0.25) is 0 Å². The molecule has 64 valence electrons. The molecule has 0 spiro atoms. The maximum absolute atomic E-state index is 10.0. The number of rotatable bonds is 0. The van der Waals surface area contributed by atoms with Crippen LogP contribution >= 0.6 is 0 Å². The topological polar surface area (TPSA) is 86.9 Å². The SMILES string of the molecule is COC.O.O=C1C=CC(=O)N1. The number of carbonyl (C=O) groups excluding carboxylic acids is 2. The van der Waals surface area contributed by atoms with Gasteiger partial charge in [0.1, 0.15) is 0 Å². The second-order valence-electron chi connectivity index (χ2n) is 1.60. The van der Waals surface area contributed by atoms with Crippen molar-refractivity contribution < 1.29 is 19.8 Å². The van der Waals surface area contributed by atoms with E-state index in [2.05, 4.69) is 4.74 Å². The molecule has 0 bridgehead atoms. The minimum Gasteiger partial charge on any atom is -0.412 e. The van der Waals surface area contributed by atoms with Crippen LogP contribution in [0.15, 0.2) is 12.2 Å². The Balaban J connectivity index is 0. The second kappa shape index (κ2) is 6.91. The standard InChI is InChI=1S/C4H3NO2.C2H6O.H2O/c6-3-1-2-4(7)5-3;1-3-2;/h1-2H,(H,5,6,7);1-2H3;1H2. The Morgan fingerprint density at radius 2 is 1.45 bits per heavy atom. The highest BCUT2D eigenvalue weighted by Crippen LogP contribution is 1.82. The highest BCUT2D eigenvalue weighted by atomic mass is 16.4. The van der Waals surface area contributed by atoms with E-state index in [1.807, 2.05) is 5.32 Å². The summed E-state index contributed by atoms with van der Waals surface area (Å²) in [4.78, 5) is 20.1. The molecule has 11 heavy (non-hydrogen) atoms. The van der Waals surface area contributed by atoms with Crippen LogP contribution in [0, 0.1) is 0 Å². The Bertz CT molecular complexity index is 148. The maximum Gasteiger partial charge on any atom is 0.250 e. The van der Waals surface area contributed by atoms with E-state index < -0.39 is 0 Å². The van der Waals surface area contributed by atoms with Crippen molar-refractivity contribution in [1.29, 1.82) is 0 Å². The molecule has 3 N–H and O–H groups in total. The van der Waals surface area contributed by atoms with Crippen molar-refractivity contribution in [3.63, 3.8) is 0 Å². The summed E-state index contributed by atoms with van der Waals surface area (Å²) < 4.78 is 4.25. The third-order valence-electron chi connectivity index (χ3n) is 0.632. The average Bonchev–Trinajstić information content (AvgIpc) is 2.17. The molecule has 0 fully saturated rings. The third-order valence-corrected chi connectivity index (χ3v) is 0.632. The van der Waals surface area contributed by atoms with Crippen LogP contribution in [-0.4, -0.2) is 31.5 Å². The zero-order valence-electron chi connectivity index (χ0n) is 6.38. The van der Waals surface area contributed by atoms with Gasteiger partial charge >= 0.3 is 0 Å². The fourth-order valence-corrected chi connectivity index (χ4v) is 0.356. The molecule has 1 heterocycles. The van der Waals surface area contributed by atoms with Gasteiger partial charge in [-0.15, -0.1) is 0 Å². The molecule has 0 saturated heterocycles. The number of hydrogen-bond acceptors (Lipinski definition) is 3. The first-order chi connectivity index (χ1) is 4.70. The summed E-state index contributed by atoms with van der Waals surface area (Å²) in [6.07, 6.45) is 2.39. The molecule has 0 unspecified atom stereocenters. The fraction of sp³-hybridized carbons (Fsp3) is 0.333. The van der Waals surface area contributed by atoms with Gasteiger partial charge in [0.2, 0.25) is 0 Å². The molecule has 1 rings (SSSR count). The first-order valence-electron chi connectivity index (χ1n) is 2.64. The number of carbonyl (C=O) groups is 2. The largest absolute Gasteiger partial charge is 0.412 e. The lowest BCUT2D eigenvalue weighted by atomic mass is 10.6. The molecule has 0 aliphatic carbocycles. The predicted molar refractivity (Wildman–Crippen MR) is 38.8 cm³/mol. The van der Waals surface area contributed by atoms with Gasteiger partial charge in [-0.1, -0.05) is 0 Å². The van der Waals surface area contributed by atoms with Gasteiger partial charge in [0, 0.05) is 26.4 Å². The van der Waals surface area contributed by atoms with E-state index in [1.165, 1.54) is 12.2 Å².